The van der Waals surface area contributed by atoms with Crippen molar-refractivity contribution in [2.75, 3.05) is 0 Å². The summed E-state index contributed by atoms with van der Waals surface area (Å²) in [5, 5.41) is 0. The van der Waals surface area contributed by atoms with Crippen LogP contribution in [0.2, 0.25) is 0 Å². The van der Waals surface area contributed by atoms with E-state index in [2.05, 4.69) is 91.1 Å². The Bertz CT molecular complexity index is 657. The summed E-state index contributed by atoms with van der Waals surface area (Å²) in [6, 6.07) is 13.4. The lowest BCUT2D eigenvalue weighted by molar-refractivity contribution is 0.584. The molecule has 0 fully saturated rings. The molecule has 3 heteroatoms. The molecule has 0 saturated carbocycles. The Hall–Kier alpha value is -0.120. The molecule has 1 aliphatic carbocycles. The zero-order valence-corrected chi connectivity index (χ0v) is 18.8. The van der Waals surface area contributed by atoms with Gasteiger partial charge in [0.1, 0.15) is 0 Å². The second kappa shape index (κ2) is 8.51. The van der Waals surface area contributed by atoms with Gasteiger partial charge in [-0.2, -0.15) is 0 Å². The van der Waals surface area contributed by atoms with Crippen LogP contribution in [0, 0.1) is 0 Å². The zero-order valence-electron chi connectivity index (χ0n) is 14.0. The van der Waals surface area contributed by atoms with Gasteiger partial charge in [-0.25, -0.2) is 0 Å². The molecule has 0 aliphatic heterocycles. The van der Waals surface area contributed by atoms with Gasteiger partial charge in [0.25, 0.3) is 0 Å². The topological polar surface area (TPSA) is 0 Å². The second-order valence-electron chi connectivity index (χ2n) is 6.66. The normalized spacial score (nSPS) is 14.5. The van der Waals surface area contributed by atoms with Crippen molar-refractivity contribution < 1.29 is 0 Å². The summed E-state index contributed by atoms with van der Waals surface area (Å²) >= 11 is 11.3. The molecule has 3 rings (SSSR count). The molecule has 0 nitrogen and oxygen atoms in total. The third kappa shape index (κ3) is 3.99. The van der Waals surface area contributed by atoms with Crippen LogP contribution < -0.4 is 0 Å². The van der Waals surface area contributed by atoms with Gasteiger partial charge in [-0.05, 0) is 52.9 Å². The smallest absolute Gasteiger partial charge is 0.0255 e. The predicted octanol–water partition coefficient (Wildman–Crippen LogP) is 8.45. The van der Waals surface area contributed by atoms with Gasteiger partial charge in [0.05, 0.1) is 0 Å². The monoisotopic (exact) mass is 512 g/mol. The molecule has 24 heavy (non-hydrogen) atoms. The standard InChI is InChI=1S/C21H23Br3/c1-2-3-4-5-6-7-20(24)21-18-12-14(22)8-10-16(18)17-11-9-15(23)13-19(17)21/h8-13,20-21H,2-7H2,1H3. The Kier molecular flexibility index (Phi) is 6.62. The van der Waals surface area contributed by atoms with Crippen molar-refractivity contribution in [1.82, 2.24) is 0 Å². The van der Waals surface area contributed by atoms with Crippen LogP contribution in [-0.2, 0) is 0 Å². The van der Waals surface area contributed by atoms with Crippen molar-refractivity contribution in [2.24, 2.45) is 0 Å². The second-order valence-corrected chi connectivity index (χ2v) is 9.67. The predicted molar refractivity (Wildman–Crippen MR) is 115 cm³/mol. The fraction of sp³-hybridized carbons (Fsp3) is 0.429. The molecule has 1 unspecified atom stereocenters. The molecule has 2 aromatic carbocycles. The van der Waals surface area contributed by atoms with E-state index in [-0.39, 0.29) is 0 Å². The van der Waals surface area contributed by atoms with Crippen LogP contribution in [0.3, 0.4) is 0 Å². The molecular formula is C21H23Br3. The highest BCUT2D eigenvalue weighted by molar-refractivity contribution is 9.10. The largest absolute Gasteiger partial charge is 0.0880 e. The van der Waals surface area contributed by atoms with E-state index < -0.39 is 0 Å². The molecular weight excluding hydrogens is 492 g/mol. The molecule has 0 spiro atoms. The first-order valence-corrected chi connectivity index (χ1v) is 11.3. The zero-order chi connectivity index (χ0) is 17.1. The van der Waals surface area contributed by atoms with Crippen molar-refractivity contribution in [1.29, 1.82) is 0 Å². The van der Waals surface area contributed by atoms with Gasteiger partial charge >= 0.3 is 0 Å². The Morgan fingerprint density at radius 2 is 1.38 bits per heavy atom. The minimum absolute atomic E-state index is 0.441. The van der Waals surface area contributed by atoms with Crippen molar-refractivity contribution in [3.05, 3.63) is 56.5 Å². The Labute approximate surface area is 170 Å². The van der Waals surface area contributed by atoms with E-state index in [1.165, 1.54) is 69.7 Å². The van der Waals surface area contributed by atoms with Crippen LogP contribution in [0.1, 0.15) is 62.5 Å². The number of halogens is 3. The summed E-state index contributed by atoms with van der Waals surface area (Å²) in [5.41, 5.74) is 5.68. The third-order valence-corrected chi connectivity index (χ3v) is 6.91. The quantitative estimate of drug-likeness (QED) is 0.257. The Balaban J connectivity index is 1.84. The van der Waals surface area contributed by atoms with E-state index in [0.717, 1.165) is 0 Å². The van der Waals surface area contributed by atoms with E-state index in [4.69, 9.17) is 0 Å². The van der Waals surface area contributed by atoms with E-state index in [0.29, 0.717) is 10.7 Å². The summed E-state index contributed by atoms with van der Waals surface area (Å²) in [7, 11) is 0. The van der Waals surface area contributed by atoms with Crippen LogP contribution in [0.15, 0.2) is 45.3 Å². The van der Waals surface area contributed by atoms with Crippen molar-refractivity contribution in [3.63, 3.8) is 0 Å². The minimum Gasteiger partial charge on any atom is -0.0880 e. The van der Waals surface area contributed by atoms with Gasteiger partial charge in [-0.1, -0.05) is 99.0 Å². The van der Waals surface area contributed by atoms with E-state index in [9.17, 15) is 0 Å². The van der Waals surface area contributed by atoms with Crippen LogP contribution in [0.25, 0.3) is 11.1 Å². The molecule has 0 radical (unpaired) electrons. The molecule has 0 heterocycles. The summed E-state index contributed by atoms with van der Waals surface area (Å²) in [6.07, 6.45) is 7.92. The van der Waals surface area contributed by atoms with Crippen LogP contribution in [-0.4, -0.2) is 4.83 Å². The third-order valence-electron chi connectivity index (χ3n) is 4.93. The first kappa shape index (κ1) is 18.7. The van der Waals surface area contributed by atoms with Crippen molar-refractivity contribution >= 4 is 47.8 Å². The number of alkyl halides is 1. The summed E-state index contributed by atoms with van der Waals surface area (Å²) < 4.78 is 2.33. The first-order valence-electron chi connectivity index (χ1n) is 8.85. The summed E-state index contributed by atoms with van der Waals surface area (Å²) in [4.78, 5) is 0.489. The lowest BCUT2D eigenvalue weighted by atomic mass is 9.91. The number of unbranched alkanes of at least 4 members (excludes halogenated alkanes) is 4. The Morgan fingerprint density at radius 1 is 0.833 bits per heavy atom. The van der Waals surface area contributed by atoms with Gasteiger partial charge < -0.3 is 0 Å². The molecule has 128 valence electrons. The molecule has 0 amide bonds. The maximum absolute atomic E-state index is 4.03. The van der Waals surface area contributed by atoms with Gasteiger partial charge in [0, 0.05) is 19.7 Å². The first-order chi connectivity index (χ1) is 11.6. The molecule has 0 saturated heterocycles. The van der Waals surface area contributed by atoms with E-state index in [1.807, 2.05) is 0 Å². The fourth-order valence-electron chi connectivity index (χ4n) is 3.74. The SMILES string of the molecule is CCCCCCCC(Br)C1c2cc(Br)ccc2-c2ccc(Br)cc21. The molecule has 0 aromatic heterocycles. The van der Waals surface area contributed by atoms with E-state index in [1.54, 1.807) is 0 Å². The maximum Gasteiger partial charge on any atom is 0.0255 e. The molecule has 1 atom stereocenters. The Morgan fingerprint density at radius 3 is 1.92 bits per heavy atom. The van der Waals surface area contributed by atoms with Crippen LogP contribution in [0.5, 0.6) is 0 Å². The summed E-state index contributed by atoms with van der Waals surface area (Å²) in [5.74, 6) is 0.441. The van der Waals surface area contributed by atoms with Gasteiger partial charge in [-0.3, -0.25) is 0 Å². The molecule has 2 aromatic rings. The van der Waals surface area contributed by atoms with Crippen molar-refractivity contribution in [3.8, 4) is 11.1 Å². The fourth-order valence-corrected chi connectivity index (χ4v) is 5.39. The molecule has 0 N–H and O–H groups in total. The highest BCUT2D eigenvalue weighted by Crippen LogP contribution is 2.50. The van der Waals surface area contributed by atoms with Crippen molar-refractivity contribution in [2.45, 2.75) is 56.2 Å². The van der Waals surface area contributed by atoms with E-state index >= 15 is 0 Å². The highest BCUT2D eigenvalue weighted by Gasteiger charge is 2.33. The average molecular weight is 515 g/mol. The van der Waals surface area contributed by atoms with Crippen LogP contribution >= 0.6 is 47.8 Å². The summed E-state index contributed by atoms with van der Waals surface area (Å²) in [6.45, 7) is 2.27. The average Bonchev–Trinajstić information content (AvgIpc) is 2.86. The number of rotatable bonds is 7. The number of fused-ring (bicyclic) bond motifs is 3. The number of hydrogen-bond donors (Lipinski definition) is 0. The lowest BCUT2D eigenvalue weighted by Crippen LogP contribution is -2.11. The number of hydrogen-bond acceptors (Lipinski definition) is 0. The molecule has 1 aliphatic rings. The molecule has 0 bridgehead atoms. The van der Waals surface area contributed by atoms with Crippen LogP contribution in [0.4, 0.5) is 0 Å². The number of benzene rings is 2. The van der Waals surface area contributed by atoms with Gasteiger partial charge in [0.2, 0.25) is 0 Å². The van der Waals surface area contributed by atoms with Gasteiger partial charge in [0.15, 0.2) is 0 Å². The lowest BCUT2D eigenvalue weighted by Gasteiger charge is -2.21. The van der Waals surface area contributed by atoms with Gasteiger partial charge in [-0.15, -0.1) is 0 Å². The minimum atomic E-state index is 0.441. The highest BCUT2D eigenvalue weighted by atomic mass is 79.9. The maximum atomic E-state index is 4.03.